The van der Waals surface area contributed by atoms with Crippen molar-refractivity contribution in [1.29, 1.82) is 0 Å². The number of methoxy groups -OCH3 is 1. The second kappa shape index (κ2) is 5.50. The maximum atomic E-state index is 5.53. The number of rotatable bonds is 5. The summed E-state index contributed by atoms with van der Waals surface area (Å²) in [5, 5.41) is 4.33. The molecular weight excluding hydrogens is 214 g/mol. The normalized spacial score (nSPS) is 10.5. The molecule has 0 unspecified atom stereocenters. The van der Waals surface area contributed by atoms with Crippen LogP contribution in [-0.4, -0.2) is 23.4 Å². The third-order valence-corrected chi connectivity index (χ3v) is 2.68. The Morgan fingerprint density at radius 1 is 1.24 bits per heavy atom. The Hall–Kier alpha value is -1.81. The molecule has 1 aromatic heterocycles. The van der Waals surface area contributed by atoms with E-state index in [-0.39, 0.29) is 0 Å². The van der Waals surface area contributed by atoms with Gasteiger partial charge in [0.2, 0.25) is 0 Å². The fourth-order valence-corrected chi connectivity index (χ4v) is 1.76. The summed E-state index contributed by atoms with van der Waals surface area (Å²) in [5.74, 6) is 0.851. The molecule has 4 heteroatoms. The first-order chi connectivity index (χ1) is 8.35. The first-order valence-corrected chi connectivity index (χ1v) is 5.72. The summed E-state index contributed by atoms with van der Waals surface area (Å²) in [6.07, 6.45) is 3.74. The Bertz CT molecular complexity index is 462. The molecule has 0 amide bonds. The smallest absolute Gasteiger partial charge is 0.119 e. The molecule has 0 aliphatic carbocycles. The zero-order chi connectivity index (χ0) is 12.1. The highest BCUT2D eigenvalue weighted by molar-refractivity contribution is 5.37. The molecule has 0 spiro atoms. The molecule has 1 heterocycles. The average molecular weight is 231 g/mol. The highest BCUT2D eigenvalue weighted by atomic mass is 16.5. The zero-order valence-corrected chi connectivity index (χ0v) is 9.97. The second-order valence-electron chi connectivity index (χ2n) is 3.82. The minimum absolute atomic E-state index is 0.702. The summed E-state index contributed by atoms with van der Waals surface area (Å²) in [4.78, 5) is 0. The van der Waals surface area contributed by atoms with Gasteiger partial charge in [-0.3, -0.25) is 0 Å². The van der Waals surface area contributed by atoms with Crippen LogP contribution in [0.4, 0.5) is 0 Å². The first-order valence-electron chi connectivity index (χ1n) is 5.72. The van der Waals surface area contributed by atoms with Crippen molar-refractivity contribution in [1.82, 2.24) is 9.78 Å². The van der Waals surface area contributed by atoms with E-state index < -0.39 is 0 Å². The molecule has 1 aromatic carbocycles. The van der Waals surface area contributed by atoms with Crippen LogP contribution in [0.2, 0.25) is 0 Å². The predicted molar refractivity (Wildman–Crippen MR) is 67.5 cm³/mol. The number of hydrogen-bond acceptors (Lipinski definition) is 3. The quantitative estimate of drug-likeness (QED) is 0.853. The molecular formula is C13H17N3O. The Balaban J connectivity index is 2.23. The van der Waals surface area contributed by atoms with Gasteiger partial charge in [0, 0.05) is 11.9 Å². The van der Waals surface area contributed by atoms with Gasteiger partial charge in [0.05, 0.1) is 12.8 Å². The van der Waals surface area contributed by atoms with Crippen LogP contribution in [0.1, 0.15) is 12.1 Å². The maximum Gasteiger partial charge on any atom is 0.119 e. The van der Waals surface area contributed by atoms with Crippen molar-refractivity contribution in [2.45, 2.75) is 12.8 Å². The van der Waals surface area contributed by atoms with Crippen molar-refractivity contribution < 1.29 is 4.74 Å². The number of nitrogens with two attached hydrogens (primary N) is 1. The SMILES string of the molecule is COc1ccc(-n2nccc2CCCN)cc1. The molecule has 0 fully saturated rings. The van der Waals surface area contributed by atoms with E-state index in [9.17, 15) is 0 Å². The number of aryl methyl sites for hydroxylation is 1. The minimum atomic E-state index is 0.702. The van der Waals surface area contributed by atoms with Crippen LogP contribution in [0.25, 0.3) is 5.69 Å². The van der Waals surface area contributed by atoms with Gasteiger partial charge < -0.3 is 10.5 Å². The number of hydrogen-bond donors (Lipinski definition) is 1. The van der Waals surface area contributed by atoms with E-state index in [1.807, 2.05) is 41.2 Å². The molecule has 0 bridgehead atoms. The van der Waals surface area contributed by atoms with Gasteiger partial charge in [-0.15, -0.1) is 0 Å². The van der Waals surface area contributed by atoms with Crippen LogP contribution in [0.3, 0.4) is 0 Å². The van der Waals surface area contributed by atoms with Gasteiger partial charge in [0.1, 0.15) is 5.75 Å². The van der Waals surface area contributed by atoms with Gasteiger partial charge in [0.25, 0.3) is 0 Å². The number of nitrogens with zero attached hydrogens (tertiary/aromatic N) is 2. The number of ether oxygens (including phenoxy) is 1. The van der Waals surface area contributed by atoms with Crippen LogP contribution in [0.5, 0.6) is 5.75 Å². The van der Waals surface area contributed by atoms with E-state index in [1.54, 1.807) is 7.11 Å². The first kappa shape index (κ1) is 11.7. The van der Waals surface area contributed by atoms with Crippen molar-refractivity contribution in [2.75, 3.05) is 13.7 Å². The molecule has 2 aromatic rings. The van der Waals surface area contributed by atoms with Gasteiger partial charge in [-0.05, 0) is 49.7 Å². The lowest BCUT2D eigenvalue weighted by atomic mass is 10.2. The van der Waals surface area contributed by atoms with Crippen molar-refractivity contribution in [2.24, 2.45) is 5.73 Å². The van der Waals surface area contributed by atoms with Gasteiger partial charge in [-0.1, -0.05) is 0 Å². The third kappa shape index (κ3) is 2.65. The van der Waals surface area contributed by atoms with Gasteiger partial charge >= 0.3 is 0 Å². The van der Waals surface area contributed by atoms with Crippen LogP contribution in [-0.2, 0) is 6.42 Å². The number of benzene rings is 1. The molecule has 2 rings (SSSR count). The van der Waals surface area contributed by atoms with Crippen LogP contribution in [0, 0.1) is 0 Å². The van der Waals surface area contributed by atoms with Crippen molar-refractivity contribution in [3.8, 4) is 11.4 Å². The van der Waals surface area contributed by atoms with E-state index in [2.05, 4.69) is 5.10 Å². The molecule has 0 aliphatic heterocycles. The Labute approximate surface area is 101 Å². The van der Waals surface area contributed by atoms with E-state index in [0.29, 0.717) is 6.54 Å². The summed E-state index contributed by atoms with van der Waals surface area (Å²) in [5.41, 5.74) is 7.75. The summed E-state index contributed by atoms with van der Waals surface area (Å²) < 4.78 is 7.08. The summed E-state index contributed by atoms with van der Waals surface area (Å²) >= 11 is 0. The third-order valence-electron chi connectivity index (χ3n) is 2.68. The zero-order valence-electron chi connectivity index (χ0n) is 9.97. The molecule has 2 N–H and O–H groups in total. The molecule has 0 atom stereocenters. The molecule has 0 radical (unpaired) electrons. The largest absolute Gasteiger partial charge is 0.497 e. The lowest BCUT2D eigenvalue weighted by molar-refractivity contribution is 0.414. The summed E-state index contributed by atoms with van der Waals surface area (Å²) in [7, 11) is 1.66. The Kier molecular flexibility index (Phi) is 3.77. The Morgan fingerprint density at radius 3 is 2.65 bits per heavy atom. The molecule has 0 saturated heterocycles. The van der Waals surface area contributed by atoms with Gasteiger partial charge in [-0.2, -0.15) is 5.10 Å². The highest BCUT2D eigenvalue weighted by Crippen LogP contribution is 2.16. The van der Waals surface area contributed by atoms with Crippen LogP contribution >= 0.6 is 0 Å². The summed E-state index contributed by atoms with van der Waals surface area (Å²) in [6.45, 7) is 0.702. The van der Waals surface area contributed by atoms with E-state index in [0.717, 1.165) is 24.3 Å². The van der Waals surface area contributed by atoms with Gasteiger partial charge in [0.15, 0.2) is 0 Å². The fourth-order valence-electron chi connectivity index (χ4n) is 1.76. The number of aromatic nitrogens is 2. The van der Waals surface area contributed by atoms with E-state index in [4.69, 9.17) is 10.5 Å². The monoisotopic (exact) mass is 231 g/mol. The van der Waals surface area contributed by atoms with Crippen molar-refractivity contribution >= 4 is 0 Å². The Morgan fingerprint density at radius 2 is 2.00 bits per heavy atom. The minimum Gasteiger partial charge on any atom is -0.497 e. The van der Waals surface area contributed by atoms with Crippen LogP contribution < -0.4 is 10.5 Å². The predicted octanol–water partition coefficient (Wildman–Crippen LogP) is 1.77. The maximum absolute atomic E-state index is 5.53. The van der Waals surface area contributed by atoms with E-state index in [1.165, 1.54) is 5.69 Å². The van der Waals surface area contributed by atoms with E-state index >= 15 is 0 Å². The summed E-state index contributed by atoms with van der Waals surface area (Å²) in [6, 6.07) is 9.89. The topological polar surface area (TPSA) is 53.1 Å². The fraction of sp³-hybridized carbons (Fsp3) is 0.308. The van der Waals surface area contributed by atoms with Crippen molar-refractivity contribution in [3.05, 3.63) is 42.2 Å². The molecule has 0 saturated carbocycles. The lowest BCUT2D eigenvalue weighted by Gasteiger charge is -2.07. The average Bonchev–Trinajstić information content (AvgIpc) is 2.84. The van der Waals surface area contributed by atoms with Gasteiger partial charge in [-0.25, -0.2) is 4.68 Å². The molecule has 17 heavy (non-hydrogen) atoms. The highest BCUT2D eigenvalue weighted by Gasteiger charge is 2.04. The van der Waals surface area contributed by atoms with Crippen LogP contribution in [0.15, 0.2) is 36.5 Å². The standard InChI is InChI=1S/C13H17N3O/c1-17-13-6-4-12(5-7-13)16-11(3-2-9-14)8-10-15-16/h4-8,10H,2-3,9,14H2,1H3. The lowest BCUT2D eigenvalue weighted by Crippen LogP contribution is -2.05. The second-order valence-corrected chi connectivity index (χ2v) is 3.82. The molecule has 90 valence electrons. The van der Waals surface area contributed by atoms with Crippen molar-refractivity contribution in [3.63, 3.8) is 0 Å². The molecule has 4 nitrogen and oxygen atoms in total. The molecule has 0 aliphatic rings.